The Morgan fingerprint density at radius 1 is 1.25 bits per heavy atom. The highest BCUT2D eigenvalue weighted by molar-refractivity contribution is 7.98. The van der Waals surface area contributed by atoms with E-state index in [4.69, 9.17) is 0 Å². The number of nitrogens with zero attached hydrogens (tertiary/aromatic N) is 1. The van der Waals surface area contributed by atoms with Gasteiger partial charge in [-0.1, -0.05) is 6.07 Å². The van der Waals surface area contributed by atoms with Crippen LogP contribution >= 0.6 is 11.8 Å². The lowest BCUT2D eigenvalue weighted by atomic mass is 10.2. The fourth-order valence-electron chi connectivity index (χ4n) is 1.73. The molecule has 0 unspecified atom stereocenters. The van der Waals surface area contributed by atoms with Crippen LogP contribution in [-0.2, 0) is 5.75 Å². The number of nitro benzene ring substituents is 1. The summed E-state index contributed by atoms with van der Waals surface area (Å²) in [7, 11) is 1.65. The van der Waals surface area contributed by atoms with Gasteiger partial charge in [-0.2, -0.15) is 0 Å². The van der Waals surface area contributed by atoms with Crippen molar-refractivity contribution in [3.8, 4) is 0 Å². The monoisotopic (exact) mass is 292 g/mol. The van der Waals surface area contributed by atoms with Crippen LogP contribution in [-0.4, -0.2) is 12.0 Å². The van der Waals surface area contributed by atoms with Gasteiger partial charge in [0.1, 0.15) is 11.5 Å². The molecule has 0 saturated carbocycles. The molecule has 2 aromatic rings. The fourth-order valence-corrected chi connectivity index (χ4v) is 2.57. The van der Waals surface area contributed by atoms with Gasteiger partial charge >= 0.3 is 0 Å². The van der Waals surface area contributed by atoms with Crippen molar-refractivity contribution in [2.75, 3.05) is 12.4 Å². The molecule has 104 valence electrons. The summed E-state index contributed by atoms with van der Waals surface area (Å²) in [6.07, 6.45) is 0. The van der Waals surface area contributed by atoms with Crippen molar-refractivity contribution in [3.05, 3.63) is 64.0 Å². The minimum absolute atomic E-state index is 0.0584. The topological polar surface area (TPSA) is 55.2 Å². The molecule has 4 nitrogen and oxygen atoms in total. The minimum atomic E-state index is -0.414. The first-order valence-corrected chi connectivity index (χ1v) is 6.92. The lowest BCUT2D eigenvalue weighted by molar-refractivity contribution is -0.383. The van der Waals surface area contributed by atoms with Crippen LogP contribution in [0.2, 0.25) is 0 Å². The van der Waals surface area contributed by atoms with Crippen LogP contribution in [0.4, 0.5) is 15.8 Å². The molecule has 0 radical (unpaired) electrons. The SMILES string of the molecule is CNc1cc(CSc2ccc(F)cc2)ccc1[N+](=O)[O-]. The third-order valence-corrected chi connectivity index (χ3v) is 3.83. The number of nitrogens with one attached hydrogen (secondary N) is 1. The molecule has 0 aromatic heterocycles. The van der Waals surface area contributed by atoms with Gasteiger partial charge in [0.25, 0.3) is 5.69 Å². The van der Waals surface area contributed by atoms with Crippen LogP contribution < -0.4 is 5.32 Å². The Morgan fingerprint density at radius 2 is 1.95 bits per heavy atom. The molecular formula is C14H13FN2O2S. The van der Waals surface area contributed by atoms with E-state index in [1.54, 1.807) is 43.1 Å². The number of hydrogen-bond donors (Lipinski definition) is 1. The molecule has 1 N–H and O–H groups in total. The average Bonchev–Trinajstić information content (AvgIpc) is 2.46. The lowest BCUT2D eigenvalue weighted by Crippen LogP contribution is -1.97. The number of benzene rings is 2. The summed E-state index contributed by atoms with van der Waals surface area (Å²) in [6.45, 7) is 0. The van der Waals surface area contributed by atoms with E-state index in [-0.39, 0.29) is 11.5 Å². The third-order valence-electron chi connectivity index (χ3n) is 2.75. The quantitative estimate of drug-likeness (QED) is 0.513. The Balaban J connectivity index is 2.10. The maximum atomic E-state index is 12.8. The normalized spacial score (nSPS) is 10.3. The average molecular weight is 292 g/mol. The molecule has 6 heteroatoms. The summed E-state index contributed by atoms with van der Waals surface area (Å²) in [4.78, 5) is 11.4. The highest BCUT2D eigenvalue weighted by Crippen LogP contribution is 2.29. The summed E-state index contributed by atoms with van der Waals surface area (Å²) in [5.41, 5.74) is 1.52. The standard InChI is InChI=1S/C14H13FN2O2S/c1-16-13-8-10(2-7-14(13)17(18)19)9-20-12-5-3-11(15)4-6-12/h2-8,16H,9H2,1H3. The van der Waals surface area contributed by atoms with Crippen molar-refractivity contribution in [2.24, 2.45) is 0 Å². The zero-order valence-corrected chi connectivity index (χ0v) is 11.6. The zero-order valence-electron chi connectivity index (χ0n) is 10.8. The van der Waals surface area contributed by atoms with Gasteiger partial charge in [-0.25, -0.2) is 4.39 Å². The molecule has 0 bridgehead atoms. The van der Waals surface area contributed by atoms with Gasteiger partial charge < -0.3 is 5.32 Å². The summed E-state index contributed by atoms with van der Waals surface area (Å²) in [5, 5.41) is 13.7. The Kier molecular flexibility index (Phi) is 4.57. The van der Waals surface area contributed by atoms with Gasteiger partial charge in [-0.05, 0) is 35.9 Å². The maximum Gasteiger partial charge on any atom is 0.292 e. The number of hydrogen-bond acceptors (Lipinski definition) is 4. The molecule has 0 aliphatic carbocycles. The molecule has 0 amide bonds. The molecule has 0 heterocycles. The number of nitro groups is 1. The second-order valence-electron chi connectivity index (χ2n) is 4.10. The van der Waals surface area contributed by atoms with E-state index >= 15 is 0 Å². The third kappa shape index (κ3) is 3.48. The molecule has 0 atom stereocenters. The van der Waals surface area contributed by atoms with Crippen LogP contribution in [0.25, 0.3) is 0 Å². The molecular weight excluding hydrogens is 279 g/mol. The lowest BCUT2D eigenvalue weighted by Gasteiger charge is -2.06. The van der Waals surface area contributed by atoms with Crippen molar-refractivity contribution in [3.63, 3.8) is 0 Å². The van der Waals surface area contributed by atoms with Crippen LogP contribution in [0, 0.1) is 15.9 Å². The van der Waals surface area contributed by atoms with Gasteiger partial charge in [-0.15, -0.1) is 11.8 Å². The van der Waals surface area contributed by atoms with Crippen molar-refractivity contribution in [1.29, 1.82) is 0 Å². The van der Waals surface area contributed by atoms with Crippen molar-refractivity contribution < 1.29 is 9.31 Å². The number of thioether (sulfide) groups is 1. The summed E-state index contributed by atoms with van der Waals surface area (Å²) >= 11 is 1.55. The van der Waals surface area contributed by atoms with Crippen LogP contribution in [0.5, 0.6) is 0 Å². The molecule has 2 rings (SSSR count). The fraction of sp³-hybridized carbons (Fsp3) is 0.143. The number of halogens is 1. The Morgan fingerprint density at radius 3 is 2.55 bits per heavy atom. The summed E-state index contributed by atoms with van der Waals surface area (Å²) in [5.74, 6) is 0.403. The first-order valence-electron chi connectivity index (χ1n) is 5.93. The van der Waals surface area contributed by atoms with Crippen molar-refractivity contribution in [2.45, 2.75) is 10.6 Å². The summed E-state index contributed by atoms with van der Waals surface area (Å²) in [6, 6.07) is 11.2. The highest BCUT2D eigenvalue weighted by Gasteiger charge is 2.12. The van der Waals surface area contributed by atoms with E-state index in [0.717, 1.165) is 10.5 Å². The van der Waals surface area contributed by atoms with E-state index in [1.165, 1.54) is 18.2 Å². The van der Waals surface area contributed by atoms with Crippen molar-refractivity contribution >= 4 is 23.1 Å². The predicted molar refractivity (Wildman–Crippen MR) is 78.6 cm³/mol. The zero-order chi connectivity index (χ0) is 14.5. The second-order valence-corrected chi connectivity index (χ2v) is 5.15. The molecule has 0 spiro atoms. The molecule has 0 fully saturated rings. The van der Waals surface area contributed by atoms with Gasteiger partial charge in [0, 0.05) is 23.8 Å². The van der Waals surface area contributed by atoms with Gasteiger partial charge in [0.15, 0.2) is 0 Å². The van der Waals surface area contributed by atoms with Gasteiger partial charge in [-0.3, -0.25) is 10.1 Å². The van der Waals surface area contributed by atoms with E-state index in [2.05, 4.69) is 5.32 Å². The van der Waals surface area contributed by atoms with Gasteiger partial charge in [0.2, 0.25) is 0 Å². The van der Waals surface area contributed by atoms with Crippen LogP contribution in [0.15, 0.2) is 47.4 Å². The van der Waals surface area contributed by atoms with Crippen molar-refractivity contribution in [1.82, 2.24) is 0 Å². The maximum absolute atomic E-state index is 12.8. The smallest absolute Gasteiger partial charge is 0.292 e. The molecule has 0 aliphatic heterocycles. The van der Waals surface area contributed by atoms with E-state index in [0.29, 0.717) is 11.4 Å². The van der Waals surface area contributed by atoms with E-state index in [9.17, 15) is 14.5 Å². The molecule has 20 heavy (non-hydrogen) atoms. The second kappa shape index (κ2) is 6.38. The van der Waals surface area contributed by atoms with Gasteiger partial charge in [0.05, 0.1) is 4.92 Å². The Labute approximate surface area is 120 Å². The first-order chi connectivity index (χ1) is 9.60. The van der Waals surface area contributed by atoms with Crippen LogP contribution in [0.1, 0.15) is 5.56 Å². The highest BCUT2D eigenvalue weighted by atomic mass is 32.2. The van der Waals surface area contributed by atoms with E-state index in [1.807, 2.05) is 0 Å². The summed E-state index contributed by atoms with van der Waals surface area (Å²) < 4.78 is 12.8. The molecule has 0 aliphatic rings. The van der Waals surface area contributed by atoms with Crippen LogP contribution in [0.3, 0.4) is 0 Å². The minimum Gasteiger partial charge on any atom is -0.383 e. The molecule has 2 aromatic carbocycles. The number of rotatable bonds is 5. The molecule has 0 saturated heterocycles. The Hall–Kier alpha value is -2.08. The predicted octanol–water partition coefficient (Wildman–Crippen LogP) is 4.07. The number of anilines is 1. The first kappa shape index (κ1) is 14.3. The largest absolute Gasteiger partial charge is 0.383 e. The Bertz CT molecular complexity index is 617. The van der Waals surface area contributed by atoms with E-state index < -0.39 is 4.92 Å².